The van der Waals surface area contributed by atoms with Gasteiger partial charge in [-0.2, -0.15) is 4.98 Å². The number of aromatic nitrogens is 1. The molecule has 0 spiro atoms. The zero-order chi connectivity index (χ0) is 18.6. The maximum atomic E-state index is 12.4. The third kappa shape index (κ3) is 4.40. The molecule has 0 saturated carbocycles. The lowest BCUT2D eigenvalue weighted by molar-refractivity contribution is 0.120. The molecule has 2 saturated heterocycles. The van der Waals surface area contributed by atoms with Crippen molar-refractivity contribution in [3.63, 3.8) is 0 Å². The number of hydrogen-bond donors (Lipinski definition) is 0. The van der Waals surface area contributed by atoms with Crippen LogP contribution in [0.4, 0.5) is 6.01 Å². The molecule has 8 nitrogen and oxygen atoms in total. The van der Waals surface area contributed by atoms with Gasteiger partial charge >= 0.3 is 6.01 Å². The zero-order valence-electron chi connectivity index (χ0n) is 15.7. The molecule has 146 valence electrons. The van der Waals surface area contributed by atoms with E-state index in [1.165, 1.54) is 0 Å². The highest BCUT2D eigenvalue weighted by Gasteiger charge is 2.17. The summed E-state index contributed by atoms with van der Waals surface area (Å²) in [6, 6.07) is 5.71. The predicted octanol–water partition coefficient (Wildman–Crippen LogP) is 0.651. The van der Waals surface area contributed by atoms with E-state index in [9.17, 15) is 4.79 Å². The van der Waals surface area contributed by atoms with Crippen LogP contribution in [0.15, 0.2) is 27.4 Å². The first kappa shape index (κ1) is 18.2. The molecule has 27 heavy (non-hydrogen) atoms. The standard InChI is InChI=1S/C19H26N4O4/c1-21-4-6-22(7-5-21)8-13-26-15-2-3-17-16(14-15)18(24)20-19(27-17)23-9-11-25-12-10-23/h2-3,14H,4-13H2,1H3. The minimum absolute atomic E-state index is 0.290. The van der Waals surface area contributed by atoms with Crippen molar-refractivity contribution in [1.82, 2.24) is 14.8 Å². The van der Waals surface area contributed by atoms with Crippen molar-refractivity contribution in [2.45, 2.75) is 0 Å². The molecule has 0 amide bonds. The van der Waals surface area contributed by atoms with Gasteiger partial charge in [0.25, 0.3) is 5.56 Å². The van der Waals surface area contributed by atoms with Gasteiger partial charge in [0.05, 0.1) is 18.6 Å². The second-order valence-electron chi connectivity index (χ2n) is 7.05. The van der Waals surface area contributed by atoms with E-state index in [1.54, 1.807) is 12.1 Å². The van der Waals surface area contributed by atoms with Crippen molar-refractivity contribution in [2.24, 2.45) is 0 Å². The van der Waals surface area contributed by atoms with Crippen LogP contribution in [-0.2, 0) is 4.74 Å². The fourth-order valence-electron chi connectivity index (χ4n) is 3.38. The molecule has 0 bridgehead atoms. The normalized spacial score (nSPS) is 19.5. The molecule has 0 unspecified atom stereocenters. The van der Waals surface area contributed by atoms with Gasteiger partial charge in [0.2, 0.25) is 0 Å². The molecular weight excluding hydrogens is 348 g/mol. The third-order valence-corrected chi connectivity index (χ3v) is 5.13. The van der Waals surface area contributed by atoms with Crippen LogP contribution in [0.2, 0.25) is 0 Å². The fourth-order valence-corrected chi connectivity index (χ4v) is 3.38. The van der Waals surface area contributed by atoms with Crippen LogP contribution in [-0.4, -0.2) is 87.5 Å². The van der Waals surface area contributed by atoms with Crippen LogP contribution in [0.5, 0.6) is 5.75 Å². The molecule has 0 radical (unpaired) electrons. The number of rotatable bonds is 5. The van der Waals surface area contributed by atoms with Gasteiger partial charge in [-0.3, -0.25) is 9.69 Å². The van der Waals surface area contributed by atoms with Crippen LogP contribution < -0.4 is 15.2 Å². The van der Waals surface area contributed by atoms with E-state index in [-0.39, 0.29) is 5.56 Å². The first-order valence-corrected chi connectivity index (χ1v) is 9.50. The first-order valence-electron chi connectivity index (χ1n) is 9.50. The Kier molecular flexibility index (Phi) is 5.56. The summed E-state index contributed by atoms with van der Waals surface area (Å²) in [6.07, 6.45) is 0. The largest absolute Gasteiger partial charge is 0.492 e. The number of anilines is 1. The van der Waals surface area contributed by atoms with Crippen molar-refractivity contribution < 1.29 is 13.9 Å². The molecule has 4 rings (SSSR count). The zero-order valence-corrected chi connectivity index (χ0v) is 15.7. The second kappa shape index (κ2) is 8.24. The van der Waals surface area contributed by atoms with Crippen molar-refractivity contribution in [3.8, 4) is 5.75 Å². The predicted molar refractivity (Wildman–Crippen MR) is 103 cm³/mol. The molecule has 2 aliphatic heterocycles. The highest BCUT2D eigenvalue weighted by molar-refractivity contribution is 5.77. The molecule has 8 heteroatoms. The van der Waals surface area contributed by atoms with Crippen molar-refractivity contribution in [1.29, 1.82) is 0 Å². The van der Waals surface area contributed by atoms with Crippen LogP contribution in [0, 0.1) is 0 Å². The van der Waals surface area contributed by atoms with Gasteiger partial charge < -0.3 is 23.7 Å². The van der Waals surface area contributed by atoms with E-state index in [2.05, 4.69) is 21.8 Å². The number of likely N-dealkylation sites (N-methyl/N-ethyl adjacent to an activating group) is 1. The third-order valence-electron chi connectivity index (χ3n) is 5.13. The van der Waals surface area contributed by atoms with Gasteiger partial charge in [0.1, 0.15) is 17.9 Å². The quantitative estimate of drug-likeness (QED) is 0.756. The van der Waals surface area contributed by atoms with Crippen LogP contribution in [0.3, 0.4) is 0 Å². The Labute approximate surface area is 158 Å². The van der Waals surface area contributed by atoms with E-state index in [1.807, 2.05) is 11.0 Å². The highest BCUT2D eigenvalue weighted by Crippen LogP contribution is 2.22. The Balaban J connectivity index is 1.41. The average Bonchev–Trinajstić information content (AvgIpc) is 2.70. The van der Waals surface area contributed by atoms with Gasteiger partial charge in [0.15, 0.2) is 0 Å². The SMILES string of the molecule is CN1CCN(CCOc2ccc3oc(N4CCOCC4)nc(=O)c3c2)CC1. The lowest BCUT2D eigenvalue weighted by atomic mass is 10.2. The summed E-state index contributed by atoms with van der Waals surface area (Å²) in [4.78, 5) is 23.2. The fraction of sp³-hybridized carbons (Fsp3) is 0.579. The molecule has 2 aromatic rings. The van der Waals surface area contributed by atoms with E-state index >= 15 is 0 Å². The molecule has 0 N–H and O–H groups in total. The van der Waals surface area contributed by atoms with E-state index < -0.39 is 0 Å². The molecule has 2 fully saturated rings. The van der Waals surface area contributed by atoms with Crippen LogP contribution in [0.25, 0.3) is 11.0 Å². The average molecular weight is 374 g/mol. The molecule has 0 aliphatic carbocycles. The second-order valence-corrected chi connectivity index (χ2v) is 7.05. The Bertz CT molecular complexity index is 826. The summed E-state index contributed by atoms with van der Waals surface area (Å²) in [5.41, 5.74) is 0.241. The summed E-state index contributed by atoms with van der Waals surface area (Å²) in [5, 5.41) is 0.448. The van der Waals surface area contributed by atoms with Crippen LogP contribution in [0.1, 0.15) is 0 Å². The number of ether oxygens (including phenoxy) is 2. The van der Waals surface area contributed by atoms with E-state index in [4.69, 9.17) is 13.9 Å². The van der Waals surface area contributed by atoms with E-state index in [0.717, 1.165) is 32.7 Å². The minimum Gasteiger partial charge on any atom is -0.492 e. The van der Waals surface area contributed by atoms with E-state index in [0.29, 0.717) is 55.6 Å². The van der Waals surface area contributed by atoms with Gasteiger partial charge in [-0.15, -0.1) is 0 Å². The summed E-state index contributed by atoms with van der Waals surface area (Å²) < 4.78 is 17.0. The maximum absolute atomic E-state index is 12.4. The van der Waals surface area contributed by atoms with Gasteiger partial charge in [-0.25, -0.2) is 0 Å². The lowest BCUT2D eigenvalue weighted by Crippen LogP contribution is -2.45. The van der Waals surface area contributed by atoms with Gasteiger partial charge in [-0.05, 0) is 25.2 Å². The molecule has 2 aliphatic rings. The Morgan fingerprint density at radius 1 is 1.11 bits per heavy atom. The lowest BCUT2D eigenvalue weighted by Gasteiger charge is -2.32. The topological polar surface area (TPSA) is 71.3 Å². The molecular formula is C19H26N4O4. The molecule has 1 aromatic carbocycles. The first-order chi connectivity index (χ1) is 13.2. The summed E-state index contributed by atoms with van der Waals surface area (Å²) in [6.45, 7) is 8.37. The number of nitrogens with zero attached hydrogens (tertiary/aromatic N) is 4. The number of benzene rings is 1. The Hall–Kier alpha value is -2.16. The number of morpholine rings is 1. The maximum Gasteiger partial charge on any atom is 0.301 e. The summed E-state index contributed by atoms with van der Waals surface area (Å²) in [5.74, 6) is 0.671. The van der Waals surface area contributed by atoms with Gasteiger partial charge in [-0.1, -0.05) is 0 Å². The Morgan fingerprint density at radius 2 is 1.89 bits per heavy atom. The highest BCUT2D eigenvalue weighted by atomic mass is 16.5. The number of fused-ring (bicyclic) bond motifs is 1. The minimum atomic E-state index is -0.290. The smallest absolute Gasteiger partial charge is 0.301 e. The monoisotopic (exact) mass is 374 g/mol. The van der Waals surface area contributed by atoms with Crippen LogP contribution >= 0.6 is 0 Å². The summed E-state index contributed by atoms with van der Waals surface area (Å²) >= 11 is 0. The molecule has 0 atom stereocenters. The van der Waals surface area contributed by atoms with Gasteiger partial charge in [0, 0.05) is 45.8 Å². The van der Waals surface area contributed by atoms with Crippen molar-refractivity contribution in [2.75, 3.05) is 77.6 Å². The molecule has 1 aromatic heterocycles. The van der Waals surface area contributed by atoms with Crippen molar-refractivity contribution in [3.05, 3.63) is 28.6 Å². The summed E-state index contributed by atoms with van der Waals surface area (Å²) in [7, 11) is 2.15. The van der Waals surface area contributed by atoms with Crippen molar-refractivity contribution >= 4 is 17.0 Å². The number of hydrogen-bond acceptors (Lipinski definition) is 8. The Morgan fingerprint density at radius 3 is 2.67 bits per heavy atom. The molecule has 3 heterocycles. The number of piperazine rings is 1.